The van der Waals surface area contributed by atoms with Crippen LogP contribution in [0.3, 0.4) is 0 Å². The van der Waals surface area contributed by atoms with Crippen molar-refractivity contribution in [2.45, 2.75) is 13.3 Å². The van der Waals surface area contributed by atoms with Crippen LogP contribution in [0.5, 0.6) is 11.5 Å². The van der Waals surface area contributed by atoms with Gasteiger partial charge in [0.05, 0.1) is 7.11 Å². The molecule has 0 aliphatic heterocycles. The van der Waals surface area contributed by atoms with E-state index in [0.29, 0.717) is 11.5 Å². The summed E-state index contributed by atoms with van der Waals surface area (Å²) in [4.78, 5) is 11.5. The third kappa shape index (κ3) is 3.62. The number of methoxy groups -OCH3 is 1. The highest BCUT2D eigenvalue weighted by Crippen LogP contribution is 2.45. The second-order valence-corrected chi connectivity index (χ2v) is 6.91. The van der Waals surface area contributed by atoms with Crippen molar-refractivity contribution in [3.05, 3.63) is 97.3 Å². The lowest BCUT2D eigenvalue weighted by atomic mass is 9.92. The summed E-state index contributed by atoms with van der Waals surface area (Å²) in [6, 6.07) is 24.5. The molecule has 0 amide bonds. The average Bonchev–Trinajstić information content (AvgIpc) is 2.80. The van der Waals surface area contributed by atoms with E-state index < -0.39 is 0 Å². The lowest BCUT2D eigenvalue weighted by molar-refractivity contribution is -0.160. The molecule has 0 aliphatic carbocycles. The molecule has 0 saturated carbocycles. The van der Waals surface area contributed by atoms with Gasteiger partial charge in [0.1, 0.15) is 5.75 Å². The minimum absolute atomic E-state index is 0.585. The van der Waals surface area contributed by atoms with Crippen LogP contribution in [0, 0.1) is 0 Å². The van der Waals surface area contributed by atoms with Crippen LogP contribution in [0.15, 0.2) is 97.3 Å². The fourth-order valence-corrected chi connectivity index (χ4v) is 3.70. The zero-order chi connectivity index (χ0) is 20.9. The maximum Gasteiger partial charge on any atom is 0.187 e. The van der Waals surface area contributed by atoms with Crippen LogP contribution in [0.25, 0.3) is 32.7 Å². The van der Waals surface area contributed by atoms with Gasteiger partial charge in [0, 0.05) is 11.1 Å². The topological polar surface area (TPSA) is 27.7 Å². The Labute approximate surface area is 176 Å². The smallest absolute Gasteiger partial charge is 0.187 e. The fraction of sp³-hybridized carbons (Fsp3) is 0.111. The molecule has 0 bridgehead atoms. The minimum atomic E-state index is 0.585. The zero-order valence-electron chi connectivity index (χ0n) is 17.2. The van der Waals surface area contributed by atoms with Crippen molar-refractivity contribution in [2.75, 3.05) is 7.11 Å². The van der Waals surface area contributed by atoms with Crippen LogP contribution >= 0.6 is 0 Å². The number of fused-ring (bicyclic) bond motifs is 2. The molecule has 0 unspecified atom stereocenters. The lowest BCUT2D eigenvalue weighted by Gasteiger charge is -2.18. The van der Waals surface area contributed by atoms with Gasteiger partial charge in [0.2, 0.25) is 0 Å². The van der Waals surface area contributed by atoms with Crippen LogP contribution in [-0.2, 0) is 4.89 Å². The number of allylic oxidation sites excluding steroid dienone is 2. The first-order valence-corrected chi connectivity index (χ1v) is 10.0. The Morgan fingerprint density at radius 1 is 0.800 bits per heavy atom. The predicted molar refractivity (Wildman–Crippen MR) is 124 cm³/mol. The normalized spacial score (nSPS) is 11.5. The monoisotopic (exact) mass is 396 g/mol. The van der Waals surface area contributed by atoms with Gasteiger partial charge in [-0.1, -0.05) is 74.2 Å². The Kier molecular flexibility index (Phi) is 5.71. The maximum absolute atomic E-state index is 5.86. The lowest BCUT2D eigenvalue weighted by Crippen LogP contribution is -1.99. The molecule has 0 aromatic heterocycles. The average molecular weight is 396 g/mol. The molecule has 4 aromatic rings. The fourth-order valence-electron chi connectivity index (χ4n) is 3.70. The van der Waals surface area contributed by atoms with Gasteiger partial charge in [-0.25, -0.2) is 0 Å². The van der Waals surface area contributed by atoms with E-state index >= 15 is 0 Å². The summed E-state index contributed by atoms with van der Waals surface area (Å²) < 4.78 is 5.77. The van der Waals surface area contributed by atoms with Crippen LogP contribution in [0.2, 0.25) is 0 Å². The largest absolute Gasteiger partial charge is 0.496 e. The highest BCUT2D eigenvalue weighted by Gasteiger charge is 2.19. The first-order chi connectivity index (χ1) is 14.8. The van der Waals surface area contributed by atoms with Crippen LogP contribution in [0.4, 0.5) is 0 Å². The maximum atomic E-state index is 5.86. The molecule has 0 N–H and O–H groups in total. The van der Waals surface area contributed by atoms with E-state index in [9.17, 15) is 0 Å². The summed E-state index contributed by atoms with van der Waals surface area (Å²) in [5.41, 5.74) is 1.91. The summed E-state index contributed by atoms with van der Waals surface area (Å²) in [5.74, 6) is 1.98. The summed E-state index contributed by atoms with van der Waals surface area (Å²) in [6.45, 7) is 5.83. The Hall–Kier alpha value is -3.72. The third-order valence-electron chi connectivity index (χ3n) is 5.09. The van der Waals surface area contributed by atoms with E-state index in [0.717, 1.165) is 44.8 Å². The Morgan fingerprint density at radius 3 is 1.93 bits per heavy atom. The van der Waals surface area contributed by atoms with E-state index in [1.54, 1.807) is 13.2 Å². The summed E-state index contributed by atoms with van der Waals surface area (Å²) in [6.07, 6.45) is 4.39. The molecule has 0 heterocycles. The molecule has 0 saturated heterocycles. The number of benzene rings is 4. The van der Waals surface area contributed by atoms with Gasteiger partial charge in [-0.3, -0.25) is 9.78 Å². The number of hydrogen-bond acceptors (Lipinski definition) is 3. The molecule has 4 aromatic carbocycles. The molecular formula is C27H24O3. The van der Waals surface area contributed by atoms with Gasteiger partial charge < -0.3 is 4.74 Å². The second-order valence-electron chi connectivity index (χ2n) is 6.91. The van der Waals surface area contributed by atoms with E-state index in [1.165, 1.54) is 0 Å². The van der Waals surface area contributed by atoms with Gasteiger partial charge in [-0.2, -0.15) is 0 Å². The summed E-state index contributed by atoms with van der Waals surface area (Å²) >= 11 is 0. The van der Waals surface area contributed by atoms with Gasteiger partial charge in [-0.05, 0) is 52.3 Å². The van der Waals surface area contributed by atoms with Crippen molar-refractivity contribution in [2.24, 2.45) is 0 Å². The van der Waals surface area contributed by atoms with E-state index in [4.69, 9.17) is 14.5 Å². The SMILES string of the molecule is C=C/C(=C\CC)OOc1ccc2ccccc2c1-c1c(OC)ccc2ccccc12. The second kappa shape index (κ2) is 8.75. The van der Waals surface area contributed by atoms with Crippen LogP contribution in [-0.4, -0.2) is 7.11 Å². The molecule has 0 spiro atoms. The molecule has 4 rings (SSSR count). The minimum Gasteiger partial charge on any atom is -0.496 e. The van der Waals surface area contributed by atoms with Crippen molar-refractivity contribution in [3.8, 4) is 22.6 Å². The zero-order valence-corrected chi connectivity index (χ0v) is 17.2. The molecule has 3 nitrogen and oxygen atoms in total. The van der Waals surface area contributed by atoms with Crippen molar-refractivity contribution in [1.29, 1.82) is 0 Å². The van der Waals surface area contributed by atoms with Gasteiger partial charge in [-0.15, -0.1) is 0 Å². The number of hydrogen-bond donors (Lipinski definition) is 0. The molecule has 3 heteroatoms. The first-order valence-electron chi connectivity index (χ1n) is 10.0. The highest BCUT2D eigenvalue weighted by molar-refractivity contribution is 6.09. The Morgan fingerprint density at radius 2 is 1.37 bits per heavy atom. The van der Waals surface area contributed by atoms with Crippen LogP contribution in [0.1, 0.15) is 13.3 Å². The highest BCUT2D eigenvalue weighted by atomic mass is 17.2. The summed E-state index contributed by atoms with van der Waals surface area (Å²) in [7, 11) is 1.69. The van der Waals surface area contributed by atoms with E-state index in [-0.39, 0.29) is 0 Å². The van der Waals surface area contributed by atoms with Crippen molar-refractivity contribution >= 4 is 21.5 Å². The molecule has 0 fully saturated rings. The molecule has 30 heavy (non-hydrogen) atoms. The van der Waals surface area contributed by atoms with Gasteiger partial charge in [0.15, 0.2) is 11.5 Å². The van der Waals surface area contributed by atoms with Gasteiger partial charge in [0.25, 0.3) is 0 Å². The molecular weight excluding hydrogens is 372 g/mol. The molecule has 150 valence electrons. The van der Waals surface area contributed by atoms with Crippen molar-refractivity contribution in [3.63, 3.8) is 0 Å². The van der Waals surface area contributed by atoms with Crippen molar-refractivity contribution < 1.29 is 14.5 Å². The van der Waals surface area contributed by atoms with E-state index in [2.05, 4.69) is 36.9 Å². The number of ether oxygens (including phenoxy) is 1. The van der Waals surface area contributed by atoms with E-state index in [1.807, 2.05) is 55.5 Å². The molecule has 0 aliphatic rings. The Bertz CT molecular complexity index is 1240. The predicted octanol–water partition coefficient (Wildman–Crippen LogP) is 7.46. The molecule has 0 atom stereocenters. The molecule has 0 radical (unpaired) electrons. The standard InChI is InChI=1S/C27H24O3/c1-4-10-21(5-2)29-30-25-18-16-20-12-7-9-14-23(20)27(25)26-22-13-8-6-11-19(22)15-17-24(26)28-3/h5-18H,2,4H2,1,3H3/b21-10+. The van der Waals surface area contributed by atoms with Crippen LogP contribution < -0.4 is 9.62 Å². The van der Waals surface area contributed by atoms with Gasteiger partial charge >= 0.3 is 0 Å². The number of rotatable bonds is 7. The first kappa shape index (κ1) is 19.6. The quantitative estimate of drug-likeness (QED) is 0.140. The van der Waals surface area contributed by atoms with Crippen molar-refractivity contribution in [1.82, 2.24) is 0 Å². The Balaban J connectivity index is 1.99. The summed E-state index contributed by atoms with van der Waals surface area (Å²) in [5, 5.41) is 4.40. The third-order valence-corrected chi connectivity index (χ3v) is 5.09.